The number of aliphatic hydroxyl groups excluding tert-OH is 1. The van der Waals surface area contributed by atoms with Crippen LogP contribution in [0.15, 0.2) is 12.2 Å². The maximum absolute atomic E-state index is 11.9. The third kappa shape index (κ3) is 4.58. The molecule has 0 aromatic rings. The second kappa shape index (κ2) is 7.74. The molecular formula is C12H21NO2S. The molecule has 0 bridgehead atoms. The fraction of sp³-hybridized carbons (Fsp3) is 0.750. The monoisotopic (exact) mass is 243 g/mol. The van der Waals surface area contributed by atoms with Gasteiger partial charge in [0.2, 0.25) is 5.91 Å². The number of thioether (sulfide) groups is 1. The van der Waals surface area contributed by atoms with Crippen LogP contribution in [0, 0.1) is 5.92 Å². The molecule has 92 valence electrons. The van der Waals surface area contributed by atoms with Gasteiger partial charge in [-0.05, 0) is 31.9 Å². The SMILES string of the molecule is CSCC(CCO)NC(=O)C1CC=CCC1. The lowest BCUT2D eigenvalue weighted by molar-refractivity contribution is -0.125. The lowest BCUT2D eigenvalue weighted by atomic mass is 9.93. The summed E-state index contributed by atoms with van der Waals surface area (Å²) < 4.78 is 0. The van der Waals surface area contributed by atoms with Crippen molar-refractivity contribution in [1.82, 2.24) is 5.32 Å². The van der Waals surface area contributed by atoms with Gasteiger partial charge in [0.1, 0.15) is 0 Å². The lowest BCUT2D eigenvalue weighted by Crippen LogP contribution is -2.41. The molecule has 0 saturated heterocycles. The van der Waals surface area contributed by atoms with Crippen molar-refractivity contribution in [2.75, 3.05) is 18.6 Å². The first-order valence-corrected chi connectivity index (χ1v) is 7.22. The smallest absolute Gasteiger partial charge is 0.223 e. The molecule has 0 aliphatic heterocycles. The molecule has 16 heavy (non-hydrogen) atoms. The molecule has 0 aromatic heterocycles. The standard InChI is InChI=1S/C12H21NO2S/c1-16-9-11(7-8-14)13-12(15)10-5-3-2-4-6-10/h2-3,10-11,14H,4-9H2,1H3,(H,13,15). The highest BCUT2D eigenvalue weighted by atomic mass is 32.2. The highest BCUT2D eigenvalue weighted by molar-refractivity contribution is 7.98. The summed E-state index contributed by atoms with van der Waals surface area (Å²) in [7, 11) is 0. The molecule has 4 heteroatoms. The maximum Gasteiger partial charge on any atom is 0.223 e. The van der Waals surface area contributed by atoms with E-state index in [1.165, 1.54) is 0 Å². The van der Waals surface area contributed by atoms with Gasteiger partial charge in [-0.2, -0.15) is 11.8 Å². The van der Waals surface area contributed by atoms with E-state index in [1.807, 2.05) is 6.26 Å². The Bertz CT molecular complexity index is 237. The molecule has 1 rings (SSSR count). The number of allylic oxidation sites excluding steroid dienone is 2. The van der Waals surface area contributed by atoms with Crippen LogP contribution in [-0.4, -0.2) is 35.7 Å². The van der Waals surface area contributed by atoms with Crippen molar-refractivity contribution >= 4 is 17.7 Å². The second-order valence-electron chi connectivity index (χ2n) is 4.15. The van der Waals surface area contributed by atoms with Gasteiger partial charge in [-0.1, -0.05) is 12.2 Å². The Morgan fingerprint density at radius 1 is 1.62 bits per heavy atom. The van der Waals surface area contributed by atoms with Crippen LogP contribution >= 0.6 is 11.8 Å². The highest BCUT2D eigenvalue weighted by Crippen LogP contribution is 2.18. The molecule has 1 aliphatic carbocycles. The van der Waals surface area contributed by atoms with E-state index in [0.29, 0.717) is 6.42 Å². The summed E-state index contributed by atoms with van der Waals surface area (Å²) in [4.78, 5) is 11.9. The highest BCUT2D eigenvalue weighted by Gasteiger charge is 2.21. The molecule has 1 aliphatic rings. The van der Waals surface area contributed by atoms with Crippen LogP contribution < -0.4 is 5.32 Å². The molecule has 0 aromatic carbocycles. The van der Waals surface area contributed by atoms with Crippen molar-refractivity contribution in [1.29, 1.82) is 0 Å². The van der Waals surface area contributed by atoms with E-state index in [4.69, 9.17) is 5.11 Å². The minimum Gasteiger partial charge on any atom is -0.396 e. The van der Waals surface area contributed by atoms with Crippen LogP contribution in [-0.2, 0) is 4.79 Å². The number of carbonyl (C=O) groups excluding carboxylic acids is 1. The van der Waals surface area contributed by atoms with E-state index in [9.17, 15) is 4.79 Å². The zero-order valence-electron chi connectivity index (χ0n) is 9.82. The molecule has 0 heterocycles. The van der Waals surface area contributed by atoms with Crippen molar-refractivity contribution in [3.63, 3.8) is 0 Å². The third-order valence-corrected chi connectivity index (χ3v) is 3.57. The van der Waals surface area contributed by atoms with Crippen molar-refractivity contribution in [2.24, 2.45) is 5.92 Å². The van der Waals surface area contributed by atoms with Crippen LogP contribution in [0.1, 0.15) is 25.7 Å². The number of hydrogen-bond acceptors (Lipinski definition) is 3. The maximum atomic E-state index is 11.9. The Balaban J connectivity index is 2.37. The Labute approximate surface area is 102 Å². The van der Waals surface area contributed by atoms with E-state index in [-0.39, 0.29) is 24.5 Å². The van der Waals surface area contributed by atoms with Crippen LogP contribution in [0.25, 0.3) is 0 Å². The number of rotatable bonds is 6. The van der Waals surface area contributed by atoms with E-state index in [0.717, 1.165) is 25.0 Å². The number of amides is 1. The van der Waals surface area contributed by atoms with Crippen LogP contribution in [0.4, 0.5) is 0 Å². The summed E-state index contributed by atoms with van der Waals surface area (Å²) >= 11 is 1.70. The molecule has 2 unspecified atom stereocenters. The first-order chi connectivity index (χ1) is 7.77. The average molecular weight is 243 g/mol. The van der Waals surface area contributed by atoms with E-state index in [2.05, 4.69) is 17.5 Å². The molecule has 2 atom stereocenters. The normalized spacial score (nSPS) is 21.8. The van der Waals surface area contributed by atoms with Crippen molar-refractivity contribution in [3.8, 4) is 0 Å². The molecule has 0 fully saturated rings. The second-order valence-corrected chi connectivity index (χ2v) is 5.07. The zero-order valence-corrected chi connectivity index (χ0v) is 10.6. The summed E-state index contributed by atoms with van der Waals surface area (Å²) in [6, 6.07) is 0.110. The van der Waals surface area contributed by atoms with Gasteiger partial charge >= 0.3 is 0 Å². The number of nitrogens with one attached hydrogen (secondary N) is 1. The minimum atomic E-state index is 0.110. The Hall–Kier alpha value is -0.480. The molecule has 0 saturated carbocycles. The topological polar surface area (TPSA) is 49.3 Å². The lowest BCUT2D eigenvalue weighted by Gasteiger charge is -2.22. The fourth-order valence-electron chi connectivity index (χ4n) is 1.90. The molecule has 2 N–H and O–H groups in total. The third-order valence-electron chi connectivity index (χ3n) is 2.83. The average Bonchev–Trinajstić information content (AvgIpc) is 2.31. The summed E-state index contributed by atoms with van der Waals surface area (Å²) in [6.07, 6.45) is 9.70. The summed E-state index contributed by atoms with van der Waals surface area (Å²) in [5.74, 6) is 1.15. The van der Waals surface area contributed by atoms with Gasteiger partial charge in [0.15, 0.2) is 0 Å². The fourth-order valence-corrected chi connectivity index (χ4v) is 2.56. The predicted molar refractivity (Wildman–Crippen MR) is 68.5 cm³/mol. The number of carbonyl (C=O) groups is 1. The van der Waals surface area contributed by atoms with Crippen LogP contribution in [0.2, 0.25) is 0 Å². The van der Waals surface area contributed by atoms with Gasteiger partial charge in [-0.25, -0.2) is 0 Å². The van der Waals surface area contributed by atoms with Gasteiger partial charge in [-0.3, -0.25) is 4.79 Å². The van der Waals surface area contributed by atoms with Gasteiger partial charge in [0, 0.05) is 24.3 Å². The van der Waals surface area contributed by atoms with Gasteiger partial charge in [0.05, 0.1) is 0 Å². The molecule has 0 spiro atoms. The first-order valence-electron chi connectivity index (χ1n) is 5.83. The quantitative estimate of drug-likeness (QED) is 0.696. The van der Waals surface area contributed by atoms with Crippen LogP contribution in [0.3, 0.4) is 0 Å². The Morgan fingerprint density at radius 3 is 3.00 bits per heavy atom. The predicted octanol–water partition coefficient (Wildman–Crippen LogP) is 1.57. The molecule has 3 nitrogen and oxygen atoms in total. The summed E-state index contributed by atoms with van der Waals surface area (Å²) in [5.41, 5.74) is 0. The van der Waals surface area contributed by atoms with Crippen molar-refractivity contribution in [2.45, 2.75) is 31.7 Å². The van der Waals surface area contributed by atoms with Gasteiger partial charge in [0.25, 0.3) is 0 Å². The molecule has 0 radical (unpaired) electrons. The minimum absolute atomic E-state index is 0.110. The number of hydrogen-bond donors (Lipinski definition) is 2. The zero-order chi connectivity index (χ0) is 11.8. The summed E-state index contributed by atoms with van der Waals surface area (Å²) in [6.45, 7) is 0.135. The van der Waals surface area contributed by atoms with Crippen molar-refractivity contribution < 1.29 is 9.90 Å². The van der Waals surface area contributed by atoms with Crippen molar-refractivity contribution in [3.05, 3.63) is 12.2 Å². The van der Waals surface area contributed by atoms with Gasteiger partial charge < -0.3 is 10.4 Å². The molecule has 1 amide bonds. The largest absolute Gasteiger partial charge is 0.396 e. The Kier molecular flexibility index (Phi) is 6.57. The van der Waals surface area contributed by atoms with Crippen LogP contribution in [0.5, 0.6) is 0 Å². The number of aliphatic hydroxyl groups is 1. The van der Waals surface area contributed by atoms with E-state index in [1.54, 1.807) is 11.8 Å². The molecular weight excluding hydrogens is 222 g/mol. The van der Waals surface area contributed by atoms with Gasteiger partial charge in [-0.15, -0.1) is 0 Å². The summed E-state index contributed by atoms with van der Waals surface area (Å²) in [5, 5.41) is 11.9. The Morgan fingerprint density at radius 2 is 2.44 bits per heavy atom. The van der Waals surface area contributed by atoms with E-state index < -0.39 is 0 Å². The van der Waals surface area contributed by atoms with E-state index >= 15 is 0 Å². The first kappa shape index (κ1) is 13.6.